The quantitative estimate of drug-likeness (QED) is 0.549. The van der Waals surface area contributed by atoms with Gasteiger partial charge in [-0.15, -0.1) is 0 Å². The zero-order valence-electron chi connectivity index (χ0n) is 14.2. The van der Waals surface area contributed by atoms with Gasteiger partial charge in [-0.2, -0.15) is 0 Å². The summed E-state index contributed by atoms with van der Waals surface area (Å²) < 4.78 is 10.3. The van der Waals surface area contributed by atoms with Crippen LogP contribution in [0.1, 0.15) is 53.4 Å². The van der Waals surface area contributed by atoms with Crippen LogP contribution in [0.15, 0.2) is 0 Å². The summed E-state index contributed by atoms with van der Waals surface area (Å²) in [4.78, 5) is 24.8. The van der Waals surface area contributed by atoms with Crippen molar-refractivity contribution in [1.29, 1.82) is 0 Å². The Morgan fingerprint density at radius 2 is 1.52 bits per heavy atom. The van der Waals surface area contributed by atoms with Crippen molar-refractivity contribution in [2.75, 3.05) is 33.4 Å². The van der Waals surface area contributed by atoms with E-state index in [-0.39, 0.29) is 17.4 Å². The maximum atomic E-state index is 11.7. The van der Waals surface area contributed by atoms with Crippen molar-refractivity contribution in [1.82, 2.24) is 4.90 Å². The van der Waals surface area contributed by atoms with E-state index < -0.39 is 0 Å². The number of likely N-dealkylation sites (N-methyl/N-ethyl adjacent to an activating group) is 1. The van der Waals surface area contributed by atoms with Gasteiger partial charge in [-0.05, 0) is 18.9 Å². The Labute approximate surface area is 129 Å². The molecule has 0 N–H and O–H groups in total. The Morgan fingerprint density at radius 3 is 2.00 bits per heavy atom. The fraction of sp³-hybridized carbons (Fsp3) is 0.875. The largest absolute Gasteiger partial charge is 0.464 e. The van der Waals surface area contributed by atoms with Gasteiger partial charge >= 0.3 is 11.9 Å². The summed E-state index contributed by atoms with van der Waals surface area (Å²) in [6, 6.07) is 0. The molecule has 5 heteroatoms. The molecule has 0 saturated heterocycles. The minimum atomic E-state index is -0.154. The first kappa shape index (κ1) is 19.9. The highest BCUT2D eigenvalue weighted by molar-refractivity contribution is 5.70. The molecular weight excluding hydrogens is 270 g/mol. The molecule has 0 amide bonds. The van der Waals surface area contributed by atoms with Gasteiger partial charge in [0.1, 0.15) is 13.2 Å². The molecule has 0 rings (SSSR count). The highest BCUT2D eigenvalue weighted by Gasteiger charge is 2.20. The van der Waals surface area contributed by atoms with Crippen LogP contribution in [0.5, 0.6) is 0 Å². The van der Waals surface area contributed by atoms with E-state index in [1.807, 2.05) is 18.9 Å². The highest BCUT2D eigenvalue weighted by atomic mass is 16.5. The molecule has 0 aromatic carbocycles. The molecule has 0 atom stereocenters. The molecule has 0 unspecified atom stereocenters. The van der Waals surface area contributed by atoms with Gasteiger partial charge in [0.05, 0.1) is 6.42 Å². The van der Waals surface area contributed by atoms with E-state index in [2.05, 4.69) is 20.8 Å². The summed E-state index contributed by atoms with van der Waals surface area (Å²) >= 11 is 0. The minimum absolute atomic E-state index is 0.00351. The topological polar surface area (TPSA) is 55.8 Å². The van der Waals surface area contributed by atoms with Crippen molar-refractivity contribution in [2.24, 2.45) is 5.41 Å². The molecular formula is C16H31NO4. The van der Waals surface area contributed by atoms with Crippen LogP contribution in [-0.4, -0.2) is 50.2 Å². The Hall–Kier alpha value is -1.10. The molecule has 0 aliphatic rings. The average Bonchev–Trinajstić information content (AvgIpc) is 2.38. The molecule has 0 fully saturated rings. The SMILES string of the molecule is CCCC(=O)OCCN(C)CCOC(=O)CC(C)(C)CC. The van der Waals surface area contributed by atoms with Crippen molar-refractivity contribution in [3.05, 3.63) is 0 Å². The summed E-state index contributed by atoms with van der Waals surface area (Å²) in [5, 5.41) is 0. The van der Waals surface area contributed by atoms with Crippen molar-refractivity contribution in [3.8, 4) is 0 Å². The van der Waals surface area contributed by atoms with E-state index in [1.54, 1.807) is 0 Å². The third-order valence-electron chi connectivity index (χ3n) is 3.51. The number of hydrogen-bond donors (Lipinski definition) is 0. The molecule has 0 bridgehead atoms. The van der Waals surface area contributed by atoms with Crippen molar-refractivity contribution in [3.63, 3.8) is 0 Å². The Balaban J connectivity index is 3.68. The summed E-state index contributed by atoms with van der Waals surface area (Å²) in [5.41, 5.74) is -0.00351. The molecule has 0 aromatic heterocycles. The smallest absolute Gasteiger partial charge is 0.306 e. The normalized spacial score (nSPS) is 11.5. The van der Waals surface area contributed by atoms with Gasteiger partial charge in [0, 0.05) is 19.5 Å². The predicted octanol–water partition coefficient (Wildman–Crippen LogP) is 2.63. The van der Waals surface area contributed by atoms with Crippen LogP contribution in [-0.2, 0) is 19.1 Å². The molecule has 0 aliphatic heterocycles. The first-order valence-electron chi connectivity index (χ1n) is 7.80. The lowest BCUT2D eigenvalue weighted by Gasteiger charge is -2.21. The molecule has 124 valence electrons. The van der Waals surface area contributed by atoms with Gasteiger partial charge in [-0.25, -0.2) is 0 Å². The Morgan fingerprint density at radius 1 is 1.00 bits per heavy atom. The van der Waals surface area contributed by atoms with Crippen LogP contribution in [0.3, 0.4) is 0 Å². The van der Waals surface area contributed by atoms with Crippen LogP contribution in [0.2, 0.25) is 0 Å². The van der Waals surface area contributed by atoms with Gasteiger partial charge in [0.25, 0.3) is 0 Å². The Bertz CT molecular complexity index is 315. The molecule has 0 spiro atoms. The summed E-state index contributed by atoms with van der Waals surface area (Å²) in [7, 11) is 1.91. The number of carbonyl (C=O) groups is 2. The van der Waals surface area contributed by atoms with Crippen LogP contribution >= 0.6 is 0 Å². The van der Waals surface area contributed by atoms with Crippen LogP contribution in [0, 0.1) is 5.41 Å². The van der Waals surface area contributed by atoms with Crippen molar-refractivity contribution in [2.45, 2.75) is 53.4 Å². The van der Waals surface area contributed by atoms with Gasteiger partial charge < -0.3 is 9.47 Å². The summed E-state index contributed by atoms with van der Waals surface area (Å²) in [6.45, 7) is 10.2. The summed E-state index contributed by atoms with van der Waals surface area (Å²) in [6.07, 6.45) is 2.67. The van der Waals surface area contributed by atoms with E-state index in [0.29, 0.717) is 39.1 Å². The number of ether oxygens (including phenoxy) is 2. The van der Waals surface area contributed by atoms with Gasteiger partial charge in [0.15, 0.2) is 0 Å². The lowest BCUT2D eigenvalue weighted by Crippen LogP contribution is -2.29. The van der Waals surface area contributed by atoms with E-state index in [9.17, 15) is 9.59 Å². The van der Waals surface area contributed by atoms with Crippen molar-refractivity contribution >= 4 is 11.9 Å². The standard InChI is InChI=1S/C16H31NO4/c1-6-8-14(18)20-11-9-17(5)10-12-21-15(19)13-16(3,4)7-2/h6-13H2,1-5H3. The highest BCUT2D eigenvalue weighted by Crippen LogP contribution is 2.24. The second-order valence-electron chi connectivity index (χ2n) is 6.19. The molecule has 0 radical (unpaired) electrons. The van der Waals surface area contributed by atoms with Gasteiger partial charge in [0.2, 0.25) is 0 Å². The fourth-order valence-electron chi connectivity index (χ4n) is 1.59. The van der Waals surface area contributed by atoms with Crippen LogP contribution in [0.25, 0.3) is 0 Å². The average molecular weight is 301 g/mol. The van der Waals surface area contributed by atoms with Gasteiger partial charge in [-0.1, -0.05) is 34.1 Å². The van der Waals surface area contributed by atoms with Crippen molar-refractivity contribution < 1.29 is 19.1 Å². The molecule has 0 heterocycles. The number of rotatable bonds is 11. The second kappa shape index (κ2) is 10.6. The monoisotopic (exact) mass is 301 g/mol. The first-order chi connectivity index (χ1) is 9.80. The van der Waals surface area contributed by atoms with E-state index in [0.717, 1.165) is 12.8 Å². The van der Waals surface area contributed by atoms with E-state index >= 15 is 0 Å². The fourth-order valence-corrected chi connectivity index (χ4v) is 1.59. The lowest BCUT2D eigenvalue weighted by molar-refractivity contribution is -0.146. The van der Waals surface area contributed by atoms with E-state index in [1.165, 1.54) is 0 Å². The maximum absolute atomic E-state index is 11.7. The van der Waals surface area contributed by atoms with E-state index in [4.69, 9.17) is 9.47 Å². The third-order valence-corrected chi connectivity index (χ3v) is 3.51. The number of hydrogen-bond acceptors (Lipinski definition) is 5. The summed E-state index contributed by atoms with van der Waals surface area (Å²) in [5.74, 6) is -0.302. The molecule has 21 heavy (non-hydrogen) atoms. The first-order valence-corrected chi connectivity index (χ1v) is 7.80. The lowest BCUT2D eigenvalue weighted by atomic mass is 9.87. The molecule has 5 nitrogen and oxygen atoms in total. The van der Waals surface area contributed by atoms with Crippen LogP contribution in [0.4, 0.5) is 0 Å². The zero-order chi connectivity index (χ0) is 16.3. The Kier molecular flexibility index (Phi) is 10.0. The number of nitrogens with zero attached hydrogens (tertiary/aromatic N) is 1. The number of esters is 2. The maximum Gasteiger partial charge on any atom is 0.306 e. The molecule has 0 aromatic rings. The molecule has 0 aliphatic carbocycles. The predicted molar refractivity (Wildman–Crippen MR) is 83.0 cm³/mol. The minimum Gasteiger partial charge on any atom is -0.464 e. The molecule has 0 saturated carbocycles. The van der Waals surface area contributed by atoms with Gasteiger partial charge in [-0.3, -0.25) is 14.5 Å². The van der Waals surface area contributed by atoms with Crippen LogP contribution < -0.4 is 0 Å². The third kappa shape index (κ3) is 11.3. The number of carbonyl (C=O) groups excluding carboxylic acids is 2. The zero-order valence-corrected chi connectivity index (χ0v) is 14.2. The second-order valence-corrected chi connectivity index (χ2v) is 6.19.